The number of rotatable bonds is 6. The predicted octanol–water partition coefficient (Wildman–Crippen LogP) is 1.60. The van der Waals surface area contributed by atoms with Gasteiger partial charge in [0, 0.05) is 11.6 Å². The van der Waals surface area contributed by atoms with Crippen molar-refractivity contribution >= 4 is 23.2 Å². The molecule has 1 unspecified atom stereocenters. The minimum absolute atomic E-state index is 0.181. The quantitative estimate of drug-likeness (QED) is 0.834. The normalized spacial score (nSPS) is 12.3. The first kappa shape index (κ1) is 15.8. The lowest BCUT2D eigenvalue weighted by atomic mass is 10.3. The Morgan fingerprint density at radius 2 is 2.26 bits per heavy atom. The molecule has 19 heavy (non-hydrogen) atoms. The fourth-order valence-electron chi connectivity index (χ4n) is 1.73. The second-order valence-electron chi connectivity index (χ2n) is 4.44. The van der Waals surface area contributed by atoms with Crippen LogP contribution < -0.4 is 10.1 Å². The molecule has 0 heterocycles. The number of methoxy groups -OCH3 is 1. The summed E-state index contributed by atoms with van der Waals surface area (Å²) in [5.41, 5.74) is 0.533. The summed E-state index contributed by atoms with van der Waals surface area (Å²) in [7, 11) is 3.29. The molecule has 1 rings (SSSR count). The fraction of sp³-hybridized carbons (Fsp3) is 0.462. The maximum Gasteiger partial charge on any atom is 0.238 e. The average molecular weight is 287 g/mol. The monoisotopic (exact) mass is 286 g/mol. The first-order valence-electron chi connectivity index (χ1n) is 5.92. The number of nitrogens with zero attached hydrogens (tertiary/aromatic N) is 1. The summed E-state index contributed by atoms with van der Waals surface area (Å²) in [6, 6.07) is 5.01. The van der Waals surface area contributed by atoms with Crippen molar-refractivity contribution < 1.29 is 14.6 Å². The van der Waals surface area contributed by atoms with Crippen molar-refractivity contribution in [1.82, 2.24) is 4.90 Å². The number of aliphatic hydroxyl groups excluding tert-OH is 1. The van der Waals surface area contributed by atoms with Gasteiger partial charge in [-0.1, -0.05) is 11.6 Å². The lowest BCUT2D eigenvalue weighted by Gasteiger charge is -2.18. The molecule has 0 aliphatic carbocycles. The zero-order chi connectivity index (χ0) is 14.4. The minimum atomic E-state index is -0.474. The van der Waals surface area contributed by atoms with Gasteiger partial charge in [-0.05, 0) is 32.2 Å². The highest BCUT2D eigenvalue weighted by atomic mass is 35.5. The van der Waals surface area contributed by atoms with Crippen molar-refractivity contribution in [2.24, 2.45) is 0 Å². The molecular weight excluding hydrogens is 268 g/mol. The molecule has 0 saturated carbocycles. The molecule has 6 heteroatoms. The van der Waals surface area contributed by atoms with Crippen LogP contribution in [-0.2, 0) is 4.79 Å². The van der Waals surface area contributed by atoms with Gasteiger partial charge >= 0.3 is 0 Å². The molecule has 1 aromatic rings. The zero-order valence-corrected chi connectivity index (χ0v) is 12.1. The third-order valence-electron chi connectivity index (χ3n) is 2.43. The van der Waals surface area contributed by atoms with Gasteiger partial charge in [0.2, 0.25) is 5.91 Å². The number of likely N-dealkylation sites (N-methyl/N-ethyl adjacent to an activating group) is 1. The second-order valence-corrected chi connectivity index (χ2v) is 4.87. The number of anilines is 1. The van der Waals surface area contributed by atoms with Crippen LogP contribution in [0.5, 0.6) is 5.75 Å². The van der Waals surface area contributed by atoms with E-state index in [1.165, 1.54) is 7.11 Å². The van der Waals surface area contributed by atoms with Crippen molar-refractivity contribution in [3.8, 4) is 5.75 Å². The summed E-state index contributed by atoms with van der Waals surface area (Å²) in [6.45, 7) is 2.29. The van der Waals surface area contributed by atoms with E-state index in [0.29, 0.717) is 23.0 Å². The Balaban J connectivity index is 2.64. The van der Waals surface area contributed by atoms with Gasteiger partial charge in [0.15, 0.2) is 0 Å². The Labute approximate surface area is 118 Å². The maximum absolute atomic E-state index is 11.9. The standard InChI is InChI=1S/C13H19ClN2O3/c1-9(17)7-16(2)8-13(18)15-11-6-10(14)4-5-12(11)19-3/h4-6,9,17H,7-8H2,1-3H3,(H,15,18). The lowest BCUT2D eigenvalue weighted by molar-refractivity contribution is -0.117. The number of hydrogen-bond donors (Lipinski definition) is 2. The van der Waals surface area contributed by atoms with E-state index >= 15 is 0 Å². The zero-order valence-electron chi connectivity index (χ0n) is 11.3. The van der Waals surface area contributed by atoms with Gasteiger partial charge in [-0.2, -0.15) is 0 Å². The molecule has 0 radical (unpaired) electrons. The molecule has 2 N–H and O–H groups in total. The van der Waals surface area contributed by atoms with Crippen LogP contribution in [0.15, 0.2) is 18.2 Å². The highest BCUT2D eigenvalue weighted by Gasteiger charge is 2.11. The van der Waals surface area contributed by atoms with Crippen molar-refractivity contribution in [3.05, 3.63) is 23.2 Å². The first-order valence-corrected chi connectivity index (χ1v) is 6.30. The van der Waals surface area contributed by atoms with Crippen LogP contribution in [0.3, 0.4) is 0 Å². The SMILES string of the molecule is COc1ccc(Cl)cc1NC(=O)CN(C)CC(C)O. The molecule has 0 saturated heterocycles. The van der Waals surface area contributed by atoms with E-state index in [1.807, 2.05) is 0 Å². The molecule has 106 valence electrons. The van der Waals surface area contributed by atoms with Gasteiger partial charge in [0.25, 0.3) is 0 Å². The summed E-state index contributed by atoms with van der Waals surface area (Å²) in [5.74, 6) is 0.361. The molecule has 0 aliphatic heterocycles. The van der Waals surface area contributed by atoms with Gasteiger partial charge in [-0.15, -0.1) is 0 Å². The van der Waals surface area contributed by atoms with E-state index in [2.05, 4.69) is 5.32 Å². The van der Waals surface area contributed by atoms with Crippen LogP contribution in [-0.4, -0.2) is 49.3 Å². The largest absolute Gasteiger partial charge is 0.495 e. The number of ether oxygens (including phenoxy) is 1. The van der Waals surface area contributed by atoms with Crippen molar-refractivity contribution in [2.45, 2.75) is 13.0 Å². The van der Waals surface area contributed by atoms with Gasteiger partial charge < -0.3 is 15.2 Å². The minimum Gasteiger partial charge on any atom is -0.495 e. The number of benzene rings is 1. The molecule has 0 spiro atoms. The topological polar surface area (TPSA) is 61.8 Å². The van der Waals surface area contributed by atoms with Crippen LogP contribution in [0.1, 0.15) is 6.92 Å². The Bertz CT molecular complexity index is 438. The molecule has 0 bridgehead atoms. The maximum atomic E-state index is 11.9. The molecule has 1 amide bonds. The first-order chi connectivity index (χ1) is 8.92. The highest BCUT2D eigenvalue weighted by Crippen LogP contribution is 2.27. The van der Waals surface area contributed by atoms with Gasteiger partial charge in [0.05, 0.1) is 25.4 Å². The number of nitrogens with one attached hydrogen (secondary N) is 1. The van der Waals surface area contributed by atoms with Crippen LogP contribution >= 0.6 is 11.6 Å². The van der Waals surface area contributed by atoms with Crippen LogP contribution in [0.2, 0.25) is 5.02 Å². The highest BCUT2D eigenvalue weighted by molar-refractivity contribution is 6.31. The molecule has 1 aromatic carbocycles. The van der Waals surface area contributed by atoms with Crippen LogP contribution in [0.25, 0.3) is 0 Å². The summed E-state index contributed by atoms with van der Waals surface area (Å²) in [5, 5.41) is 12.5. The third-order valence-corrected chi connectivity index (χ3v) is 2.66. The van der Waals surface area contributed by atoms with Crippen molar-refractivity contribution in [2.75, 3.05) is 32.6 Å². The molecular formula is C13H19ClN2O3. The number of carbonyl (C=O) groups is 1. The molecule has 0 aliphatic rings. The summed E-state index contributed by atoms with van der Waals surface area (Å²) in [4.78, 5) is 13.6. The summed E-state index contributed by atoms with van der Waals surface area (Å²) in [6.07, 6.45) is -0.474. The Morgan fingerprint density at radius 3 is 2.84 bits per heavy atom. The van der Waals surface area contributed by atoms with Crippen molar-refractivity contribution in [1.29, 1.82) is 0 Å². The number of aliphatic hydroxyl groups is 1. The molecule has 1 atom stereocenters. The number of hydrogen-bond acceptors (Lipinski definition) is 4. The van der Waals surface area contributed by atoms with Gasteiger partial charge in [0.1, 0.15) is 5.75 Å². The van der Waals surface area contributed by atoms with E-state index in [4.69, 9.17) is 16.3 Å². The van der Waals surface area contributed by atoms with Crippen molar-refractivity contribution in [3.63, 3.8) is 0 Å². The average Bonchev–Trinajstić information content (AvgIpc) is 2.27. The Hall–Kier alpha value is -1.30. The second kappa shape index (κ2) is 7.33. The van der Waals surface area contributed by atoms with E-state index in [-0.39, 0.29) is 12.5 Å². The molecule has 0 fully saturated rings. The van der Waals surface area contributed by atoms with Gasteiger partial charge in [-0.25, -0.2) is 0 Å². The van der Waals surface area contributed by atoms with E-state index < -0.39 is 6.10 Å². The van der Waals surface area contributed by atoms with Gasteiger partial charge in [-0.3, -0.25) is 9.69 Å². The molecule has 5 nitrogen and oxygen atoms in total. The van der Waals surface area contributed by atoms with Crippen LogP contribution in [0.4, 0.5) is 5.69 Å². The van der Waals surface area contributed by atoms with E-state index in [1.54, 1.807) is 37.1 Å². The van der Waals surface area contributed by atoms with Crippen LogP contribution in [0, 0.1) is 0 Å². The fourth-order valence-corrected chi connectivity index (χ4v) is 1.90. The molecule has 0 aromatic heterocycles. The van der Waals surface area contributed by atoms with E-state index in [0.717, 1.165) is 0 Å². The van der Waals surface area contributed by atoms with E-state index in [9.17, 15) is 9.90 Å². The predicted molar refractivity (Wildman–Crippen MR) is 75.8 cm³/mol. The summed E-state index contributed by atoms with van der Waals surface area (Å²) < 4.78 is 5.14. The Morgan fingerprint density at radius 1 is 1.58 bits per heavy atom. The smallest absolute Gasteiger partial charge is 0.238 e. The number of halogens is 1. The summed E-state index contributed by atoms with van der Waals surface area (Å²) >= 11 is 5.88. The number of amides is 1. The number of carbonyl (C=O) groups excluding carboxylic acids is 1. The Kier molecular flexibility index (Phi) is 6.08. The third kappa shape index (κ3) is 5.46. The lowest BCUT2D eigenvalue weighted by Crippen LogP contribution is -2.34.